The maximum Gasteiger partial charge on any atom is 0.191 e. The van der Waals surface area contributed by atoms with E-state index in [1.165, 1.54) is 5.56 Å². The number of hydrogen-bond acceptors (Lipinski definition) is 2. The minimum Gasteiger partial charge on any atom is -0.357 e. The van der Waals surface area contributed by atoms with Crippen LogP contribution in [0.25, 0.3) is 0 Å². The quantitative estimate of drug-likeness (QED) is 0.286. The first-order valence-electron chi connectivity index (χ1n) is 8.34. The van der Waals surface area contributed by atoms with Crippen molar-refractivity contribution in [2.24, 2.45) is 4.99 Å². The molecule has 24 heavy (non-hydrogen) atoms. The van der Waals surface area contributed by atoms with E-state index in [0.717, 1.165) is 38.6 Å². The first-order valence-corrected chi connectivity index (χ1v) is 8.34. The summed E-state index contributed by atoms with van der Waals surface area (Å²) in [4.78, 5) is 4.70. The van der Waals surface area contributed by atoms with E-state index in [-0.39, 0.29) is 24.0 Å². The number of guanidine groups is 1. The van der Waals surface area contributed by atoms with Crippen LogP contribution in [0.15, 0.2) is 53.8 Å². The Kier molecular flexibility index (Phi) is 10.1. The van der Waals surface area contributed by atoms with Gasteiger partial charge in [0, 0.05) is 44.5 Å². The van der Waals surface area contributed by atoms with Crippen molar-refractivity contribution in [2.45, 2.75) is 32.7 Å². The Morgan fingerprint density at radius 2 is 2.00 bits per heavy atom. The van der Waals surface area contributed by atoms with Gasteiger partial charge < -0.3 is 10.6 Å². The predicted octanol–water partition coefficient (Wildman–Crippen LogP) is 3.25. The molecule has 0 amide bonds. The third-order valence-corrected chi connectivity index (χ3v) is 3.65. The van der Waals surface area contributed by atoms with Gasteiger partial charge in [0.05, 0.1) is 0 Å². The zero-order chi connectivity index (χ0) is 16.3. The zero-order valence-corrected chi connectivity index (χ0v) is 16.8. The van der Waals surface area contributed by atoms with Gasteiger partial charge in [0.2, 0.25) is 0 Å². The molecule has 0 aliphatic carbocycles. The number of nitrogens with zero attached hydrogens (tertiary/aromatic N) is 3. The molecule has 2 aromatic rings. The molecule has 0 aliphatic rings. The summed E-state index contributed by atoms with van der Waals surface area (Å²) in [7, 11) is 0. The van der Waals surface area contributed by atoms with E-state index in [4.69, 9.17) is 4.99 Å². The number of nitrogens with one attached hydrogen (secondary N) is 2. The third-order valence-electron chi connectivity index (χ3n) is 3.65. The number of hydrogen-bond donors (Lipinski definition) is 2. The van der Waals surface area contributed by atoms with Crippen LogP contribution < -0.4 is 10.6 Å². The lowest BCUT2D eigenvalue weighted by Crippen LogP contribution is -2.38. The topological polar surface area (TPSA) is 54.2 Å². The molecule has 5 nitrogen and oxygen atoms in total. The molecule has 2 rings (SSSR count). The second-order valence-electron chi connectivity index (χ2n) is 5.58. The fourth-order valence-corrected chi connectivity index (χ4v) is 2.34. The minimum absolute atomic E-state index is 0. The van der Waals surface area contributed by atoms with Crippen molar-refractivity contribution < 1.29 is 0 Å². The molecular weight excluding hydrogens is 413 g/mol. The van der Waals surface area contributed by atoms with Crippen LogP contribution in [-0.2, 0) is 6.54 Å². The van der Waals surface area contributed by atoms with E-state index in [2.05, 4.69) is 53.8 Å². The maximum atomic E-state index is 4.70. The van der Waals surface area contributed by atoms with Crippen molar-refractivity contribution in [2.75, 3.05) is 19.6 Å². The monoisotopic (exact) mass is 441 g/mol. The lowest BCUT2D eigenvalue weighted by Gasteiger charge is -2.13. The van der Waals surface area contributed by atoms with Crippen molar-refractivity contribution in [3.8, 4) is 0 Å². The second kappa shape index (κ2) is 11.9. The van der Waals surface area contributed by atoms with Gasteiger partial charge in [0.15, 0.2) is 5.96 Å². The Labute approximate surface area is 162 Å². The molecule has 132 valence electrons. The molecule has 0 aliphatic heterocycles. The molecule has 0 spiro atoms. The van der Waals surface area contributed by atoms with Gasteiger partial charge in [0.25, 0.3) is 0 Å². The molecule has 1 aromatic heterocycles. The van der Waals surface area contributed by atoms with Crippen LogP contribution in [0.1, 0.15) is 31.7 Å². The molecule has 0 bridgehead atoms. The lowest BCUT2D eigenvalue weighted by atomic mass is 10.0. The highest BCUT2D eigenvalue weighted by molar-refractivity contribution is 14.0. The number of aliphatic imine (C=N–C) groups is 1. The third kappa shape index (κ3) is 7.33. The summed E-state index contributed by atoms with van der Waals surface area (Å²) in [5.74, 6) is 1.30. The van der Waals surface area contributed by atoms with E-state index in [1.54, 1.807) is 0 Å². The average molecular weight is 441 g/mol. The van der Waals surface area contributed by atoms with Crippen molar-refractivity contribution in [3.05, 3.63) is 54.4 Å². The summed E-state index contributed by atoms with van der Waals surface area (Å²) in [6, 6.07) is 12.5. The Hall–Kier alpha value is -1.57. The molecule has 1 heterocycles. The van der Waals surface area contributed by atoms with Crippen LogP contribution in [0, 0.1) is 0 Å². The lowest BCUT2D eigenvalue weighted by molar-refractivity contribution is 0.570. The fraction of sp³-hybridized carbons (Fsp3) is 0.444. The first-order chi connectivity index (χ1) is 11.3. The Morgan fingerprint density at radius 1 is 1.21 bits per heavy atom. The summed E-state index contributed by atoms with van der Waals surface area (Å²) in [6.45, 7) is 7.73. The van der Waals surface area contributed by atoms with Crippen LogP contribution in [-0.4, -0.2) is 35.4 Å². The van der Waals surface area contributed by atoms with E-state index in [1.807, 2.05) is 29.2 Å². The molecule has 2 N–H and O–H groups in total. The normalized spacial score (nSPS) is 12.3. The number of benzene rings is 1. The van der Waals surface area contributed by atoms with Gasteiger partial charge in [-0.1, -0.05) is 37.3 Å². The predicted molar refractivity (Wildman–Crippen MR) is 111 cm³/mol. The Bertz CT molecular complexity index is 568. The van der Waals surface area contributed by atoms with Gasteiger partial charge in [-0.15, -0.1) is 24.0 Å². The molecule has 1 aromatic carbocycles. The highest BCUT2D eigenvalue weighted by atomic mass is 127. The van der Waals surface area contributed by atoms with Crippen molar-refractivity contribution >= 4 is 29.9 Å². The van der Waals surface area contributed by atoms with Gasteiger partial charge in [0.1, 0.15) is 0 Å². The Balaban J connectivity index is 0.00000288. The van der Waals surface area contributed by atoms with E-state index in [0.29, 0.717) is 5.92 Å². The standard InChI is InChI=1S/C18H27N5.HI/c1-3-19-18(20-11-7-13-23-14-8-12-22-23)21-15-16(2)17-9-5-4-6-10-17;/h4-6,8-10,12,14,16H,3,7,11,13,15H2,1-2H3,(H2,19,20,21);1H. The smallest absolute Gasteiger partial charge is 0.191 e. The fourth-order valence-electron chi connectivity index (χ4n) is 2.34. The molecule has 6 heteroatoms. The van der Waals surface area contributed by atoms with Gasteiger partial charge in [-0.2, -0.15) is 5.10 Å². The molecule has 0 fully saturated rings. The summed E-state index contributed by atoms with van der Waals surface area (Å²) >= 11 is 0. The SMILES string of the molecule is CCNC(=NCC(C)c1ccccc1)NCCCn1cccn1.I. The number of aryl methyl sites for hydroxylation is 1. The van der Waals surface area contributed by atoms with Crippen LogP contribution >= 0.6 is 24.0 Å². The minimum atomic E-state index is 0. The van der Waals surface area contributed by atoms with Crippen molar-refractivity contribution in [1.29, 1.82) is 0 Å². The largest absolute Gasteiger partial charge is 0.357 e. The molecule has 1 unspecified atom stereocenters. The molecule has 1 atom stereocenters. The molecule has 0 radical (unpaired) electrons. The maximum absolute atomic E-state index is 4.70. The van der Waals surface area contributed by atoms with Crippen molar-refractivity contribution in [3.63, 3.8) is 0 Å². The van der Waals surface area contributed by atoms with Crippen LogP contribution in [0.3, 0.4) is 0 Å². The average Bonchev–Trinajstić information content (AvgIpc) is 3.10. The summed E-state index contributed by atoms with van der Waals surface area (Å²) in [5.41, 5.74) is 1.32. The van der Waals surface area contributed by atoms with Crippen LogP contribution in [0.4, 0.5) is 0 Å². The summed E-state index contributed by atoms with van der Waals surface area (Å²) in [5, 5.41) is 10.9. The van der Waals surface area contributed by atoms with E-state index in [9.17, 15) is 0 Å². The molecule has 0 saturated carbocycles. The highest BCUT2D eigenvalue weighted by Gasteiger charge is 2.04. The first kappa shape index (κ1) is 20.5. The van der Waals surface area contributed by atoms with Gasteiger partial charge in [-0.05, 0) is 25.0 Å². The van der Waals surface area contributed by atoms with E-state index < -0.39 is 0 Å². The van der Waals surface area contributed by atoms with Gasteiger partial charge in [-0.3, -0.25) is 9.67 Å². The number of halogens is 1. The number of aromatic nitrogens is 2. The van der Waals surface area contributed by atoms with Crippen LogP contribution in [0.2, 0.25) is 0 Å². The van der Waals surface area contributed by atoms with E-state index >= 15 is 0 Å². The van der Waals surface area contributed by atoms with Gasteiger partial charge in [-0.25, -0.2) is 0 Å². The Morgan fingerprint density at radius 3 is 2.67 bits per heavy atom. The molecular formula is C18H28IN5. The van der Waals surface area contributed by atoms with Gasteiger partial charge >= 0.3 is 0 Å². The second-order valence-corrected chi connectivity index (χ2v) is 5.58. The summed E-state index contributed by atoms with van der Waals surface area (Å²) in [6.07, 6.45) is 4.81. The molecule has 0 saturated heterocycles. The summed E-state index contributed by atoms with van der Waals surface area (Å²) < 4.78 is 1.95. The highest BCUT2D eigenvalue weighted by Crippen LogP contribution is 2.14. The number of rotatable bonds is 8. The zero-order valence-electron chi connectivity index (χ0n) is 14.5. The van der Waals surface area contributed by atoms with Crippen molar-refractivity contribution in [1.82, 2.24) is 20.4 Å². The van der Waals surface area contributed by atoms with Crippen LogP contribution in [0.5, 0.6) is 0 Å².